The lowest BCUT2D eigenvalue weighted by Gasteiger charge is -2.28. The molecule has 5 heteroatoms. The topological polar surface area (TPSA) is 59.9 Å². The van der Waals surface area contributed by atoms with Crippen LogP contribution in [0.15, 0.2) is 47.6 Å². The Morgan fingerprint density at radius 1 is 1.09 bits per heavy atom. The Morgan fingerprint density at radius 2 is 1.82 bits per heavy atom. The maximum absolute atomic E-state index is 11.9. The lowest BCUT2D eigenvalue weighted by molar-refractivity contribution is -0.124. The van der Waals surface area contributed by atoms with Crippen LogP contribution in [0.5, 0.6) is 11.5 Å². The number of fused-ring (bicyclic) bond motifs is 1. The summed E-state index contributed by atoms with van der Waals surface area (Å²) in [5.74, 6) is 1.19. The molecule has 0 aromatic heterocycles. The number of nitrogens with zero attached hydrogens (tertiary/aromatic N) is 1. The van der Waals surface area contributed by atoms with Gasteiger partial charge in [0.05, 0.1) is 25.8 Å². The summed E-state index contributed by atoms with van der Waals surface area (Å²) in [4.78, 5) is 11.9. The average molecular weight is 298 g/mol. The summed E-state index contributed by atoms with van der Waals surface area (Å²) in [6.07, 6.45) is 8.47. The molecule has 1 aromatic carbocycles. The van der Waals surface area contributed by atoms with Gasteiger partial charge in [-0.3, -0.25) is 4.79 Å². The molecule has 0 spiro atoms. The molecule has 2 atom stereocenters. The fourth-order valence-electron chi connectivity index (χ4n) is 2.81. The van der Waals surface area contributed by atoms with Gasteiger partial charge in [0.15, 0.2) is 11.5 Å². The second kappa shape index (κ2) is 6.05. The normalized spacial score (nSPS) is 22.6. The number of hydrogen-bond acceptors (Lipinski definition) is 4. The molecule has 0 fully saturated rings. The molecule has 1 aromatic rings. The van der Waals surface area contributed by atoms with Crippen molar-refractivity contribution in [1.29, 1.82) is 0 Å². The lowest BCUT2D eigenvalue weighted by atomic mass is 9.81. The van der Waals surface area contributed by atoms with Crippen LogP contribution in [0.1, 0.15) is 5.56 Å². The molecular formula is C17H18N2O3. The van der Waals surface area contributed by atoms with Crippen LogP contribution in [0.4, 0.5) is 0 Å². The van der Waals surface area contributed by atoms with Crippen molar-refractivity contribution >= 4 is 11.6 Å². The molecule has 1 heterocycles. The number of rotatable bonds is 4. The molecule has 0 saturated heterocycles. The molecule has 114 valence electrons. The number of carbonyl (C=O) groups excluding carboxylic acids is 1. The van der Waals surface area contributed by atoms with E-state index in [1.807, 2.05) is 42.5 Å². The van der Waals surface area contributed by atoms with E-state index in [-0.39, 0.29) is 17.7 Å². The van der Waals surface area contributed by atoms with Gasteiger partial charge in [-0.25, -0.2) is 5.43 Å². The summed E-state index contributed by atoms with van der Waals surface area (Å²) in [5.41, 5.74) is 4.62. The first-order valence-corrected chi connectivity index (χ1v) is 7.15. The van der Waals surface area contributed by atoms with Gasteiger partial charge in [-0.1, -0.05) is 30.4 Å². The second-order valence-electron chi connectivity index (χ2n) is 5.27. The highest BCUT2D eigenvalue weighted by Crippen LogP contribution is 2.30. The van der Waals surface area contributed by atoms with Crippen LogP contribution in [0, 0.1) is 11.8 Å². The average Bonchev–Trinajstić information content (AvgIpc) is 2.57. The van der Waals surface area contributed by atoms with Gasteiger partial charge in [0, 0.05) is 12.3 Å². The Labute approximate surface area is 129 Å². The molecule has 2 aliphatic rings. The van der Waals surface area contributed by atoms with Crippen molar-refractivity contribution in [2.45, 2.75) is 6.42 Å². The molecule has 1 amide bonds. The molecule has 1 aliphatic heterocycles. The first-order chi connectivity index (χ1) is 10.7. The zero-order valence-electron chi connectivity index (χ0n) is 12.6. The summed E-state index contributed by atoms with van der Waals surface area (Å²) in [7, 11) is 3.23. The molecule has 1 N–H and O–H groups in total. The quantitative estimate of drug-likeness (QED) is 0.926. The Hall–Kier alpha value is -2.56. The SMILES string of the molecule is COc1ccc(CC2=NNC(=O)[C@H]3C=CC=C[C@H]23)cc1OC. The predicted octanol–water partition coefficient (Wildman–Crippen LogP) is 2.09. The van der Waals surface area contributed by atoms with Crippen LogP contribution in [-0.4, -0.2) is 25.8 Å². The van der Waals surface area contributed by atoms with Crippen LogP contribution in [0.3, 0.4) is 0 Å². The number of carbonyl (C=O) groups is 1. The van der Waals surface area contributed by atoms with Crippen molar-refractivity contribution in [2.75, 3.05) is 14.2 Å². The number of nitrogens with one attached hydrogen (secondary N) is 1. The number of hydrogen-bond donors (Lipinski definition) is 1. The van der Waals surface area contributed by atoms with E-state index in [1.54, 1.807) is 14.2 Å². The third-order valence-electron chi connectivity index (χ3n) is 3.97. The maximum Gasteiger partial charge on any atom is 0.247 e. The summed E-state index contributed by atoms with van der Waals surface area (Å²) < 4.78 is 10.6. The Morgan fingerprint density at radius 3 is 2.55 bits per heavy atom. The second-order valence-corrected chi connectivity index (χ2v) is 5.27. The van der Waals surface area contributed by atoms with E-state index in [9.17, 15) is 4.79 Å². The minimum absolute atomic E-state index is 0.0202. The molecular weight excluding hydrogens is 280 g/mol. The van der Waals surface area contributed by atoms with Crippen molar-refractivity contribution < 1.29 is 14.3 Å². The highest BCUT2D eigenvalue weighted by molar-refractivity contribution is 5.99. The van der Waals surface area contributed by atoms with Gasteiger partial charge in [0.1, 0.15) is 0 Å². The fourth-order valence-corrected chi connectivity index (χ4v) is 2.81. The maximum atomic E-state index is 11.9. The third-order valence-corrected chi connectivity index (χ3v) is 3.97. The molecule has 5 nitrogen and oxygen atoms in total. The van der Waals surface area contributed by atoms with Crippen molar-refractivity contribution in [1.82, 2.24) is 5.43 Å². The Bertz CT molecular complexity index is 676. The zero-order valence-corrected chi connectivity index (χ0v) is 12.6. The standard InChI is InChI=1S/C17H18N2O3/c1-21-15-8-7-11(10-16(15)22-2)9-14-12-5-3-4-6-13(12)17(20)19-18-14/h3-8,10,12-13H,9H2,1-2H3,(H,19,20)/t12-,13-/m0/s1. The minimum Gasteiger partial charge on any atom is -0.493 e. The lowest BCUT2D eigenvalue weighted by Crippen LogP contribution is -2.41. The summed E-state index contributed by atoms with van der Waals surface area (Å²) in [5, 5.41) is 4.25. The van der Waals surface area contributed by atoms with E-state index in [0.29, 0.717) is 17.9 Å². The Kier molecular flexibility index (Phi) is 3.96. The largest absolute Gasteiger partial charge is 0.493 e. The predicted molar refractivity (Wildman–Crippen MR) is 84.1 cm³/mol. The van der Waals surface area contributed by atoms with Gasteiger partial charge < -0.3 is 9.47 Å². The minimum atomic E-state index is -0.169. The van der Waals surface area contributed by atoms with E-state index >= 15 is 0 Å². The third kappa shape index (κ3) is 2.62. The molecule has 0 bridgehead atoms. The van der Waals surface area contributed by atoms with Crippen molar-refractivity contribution in [3.63, 3.8) is 0 Å². The van der Waals surface area contributed by atoms with E-state index < -0.39 is 0 Å². The van der Waals surface area contributed by atoms with Crippen LogP contribution >= 0.6 is 0 Å². The van der Waals surface area contributed by atoms with Crippen molar-refractivity contribution in [3.8, 4) is 11.5 Å². The van der Waals surface area contributed by atoms with Crippen molar-refractivity contribution in [2.24, 2.45) is 16.9 Å². The van der Waals surface area contributed by atoms with Crippen molar-refractivity contribution in [3.05, 3.63) is 48.1 Å². The van der Waals surface area contributed by atoms with Crippen LogP contribution < -0.4 is 14.9 Å². The molecule has 22 heavy (non-hydrogen) atoms. The smallest absolute Gasteiger partial charge is 0.247 e. The zero-order chi connectivity index (χ0) is 15.5. The summed E-state index contributed by atoms with van der Waals surface area (Å²) in [6.45, 7) is 0. The number of hydrazone groups is 1. The van der Waals surface area contributed by atoms with E-state index in [0.717, 1.165) is 11.3 Å². The molecule has 1 aliphatic carbocycles. The molecule has 0 unspecified atom stereocenters. The molecule has 0 saturated carbocycles. The number of benzene rings is 1. The van der Waals surface area contributed by atoms with E-state index in [2.05, 4.69) is 10.5 Å². The van der Waals surface area contributed by atoms with Gasteiger partial charge in [-0.05, 0) is 17.7 Å². The van der Waals surface area contributed by atoms with E-state index in [4.69, 9.17) is 9.47 Å². The summed E-state index contributed by atoms with van der Waals surface area (Å²) >= 11 is 0. The first kappa shape index (κ1) is 14.4. The Balaban J connectivity index is 1.85. The van der Waals surface area contributed by atoms with Gasteiger partial charge in [0.25, 0.3) is 0 Å². The fraction of sp³-hybridized carbons (Fsp3) is 0.294. The molecule has 3 rings (SSSR count). The summed E-state index contributed by atoms with van der Waals surface area (Å²) in [6, 6.07) is 5.80. The number of ether oxygens (including phenoxy) is 2. The van der Waals surface area contributed by atoms with Crippen LogP contribution in [-0.2, 0) is 11.2 Å². The van der Waals surface area contributed by atoms with Gasteiger partial charge in [-0.15, -0.1) is 0 Å². The highest BCUT2D eigenvalue weighted by Gasteiger charge is 2.33. The highest BCUT2D eigenvalue weighted by atomic mass is 16.5. The number of allylic oxidation sites excluding steroid dienone is 3. The number of methoxy groups -OCH3 is 2. The van der Waals surface area contributed by atoms with Gasteiger partial charge >= 0.3 is 0 Å². The van der Waals surface area contributed by atoms with Gasteiger partial charge in [-0.2, -0.15) is 5.10 Å². The number of amides is 1. The van der Waals surface area contributed by atoms with Crippen LogP contribution in [0.2, 0.25) is 0 Å². The van der Waals surface area contributed by atoms with E-state index in [1.165, 1.54) is 0 Å². The monoisotopic (exact) mass is 298 g/mol. The van der Waals surface area contributed by atoms with Gasteiger partial charge in [0.2, 0.25) is 5.91 Å². The molecule has 0 radical (unpaired) electrons. The first-order valence-electron chi connectivity index (χ1n) is 7.15. The van der Waals surface area contributed by atoms with Crippen LogP contribution in [0.25, 0.3) is 0 Å².